The normalized spacial score (nSPS) is 28.8. The molecule has 3 aliphatic rings. The lowest BCUT2D eigenvalue weighted by Crippen LogP contribution is -2.50. The summed E-state index contributed by atoms with van der Waals surface area (Å²) in [6.45, 7) is 3.91. The van der Waals surface area contributed by atoms with Crippen molar-refractivity contribution in [3.63, 3.8) is 0 Å². The summed E-state index contributed by atoms with van der Waals surface area (Å²) in [5.41, 5.74) is 5.28. The fourth-order valence-corrected chi connectivity index (χ4v) is 5.40. The lowest BCUT2D eigenvalue weighted by molar-refractivity contribution is -0.139. The molecule has 170 valence electrons. The average Bonchev–Trinajstić information content (AvgIpc) is 3.05. The molecule has 2 amide bonds. The van der Waals surface area contributed by atoms with E-state index in [9.17, 15) is 14.7 Å². The minimum absolute atomic E-state index is 0.226. The maximum atomic E-state index is 13.6. The third-order valence-electron chi connectivity index (χ3n) is 7.07. The fraction of sp³-hybridized carbons (Fsp3) is 0.682. The first kappa shape index (κ1) is 21.7. The molecule has 0 aromatic carbocycles. The number of ether oxygens (including phenoxy) is 2. The number of anilines is 1. The maximum Gasteiger partial charge on any atom is 0.410 e. The van der Waals surface area contributed by atoms with Crippen molar-refractivity contribution < 1.29 is 24.2 Å². The van der Waals surface area contributed by atoms with E-state index in [-0.39, 0.29) is 23.8 Å². The summed E-state index contributed by atoms with van der Waals surface area (Å²) in [4.78, 5) is 33.5. The minimum Gasteiger partial charge on any atom is -0.493 e. The van der Waals surface area contributed by atoms with Crippen molar-refractivity contribution in [3.05, 3.63) is 11.8 Å². The molecular formula is C22H32N4O5. The molecule has 1 spiro atoms. The van der Waals surface area contributed by atoms with E-state index in [0.29, 0.717) is 23.8 Å². The van der Waals surface area contributed by atoms with Gasteiger partial charge in [-0.15, -0.1) is 0 Å². The van der Waals surface area contributed by atoms with Crippen LogP contribution >= 0.6 is 0 Å². The number of pyridine rings is 1. The van der Waals surface area contributed by atoms with Gasteiger partial charge < -0.3 is 30.1 Å². The molecule has 0 bridgehead atoms. The van der Waals surface area contributed by atoms with E-state index in [1.807, 2.05) is 0 Å². The van der Waals surface area contributed by atoms with Crippen LogP contribution in [0.4, 0.5) is 10.6 Å². The van der Waals surface area contributed by atoms with Crippen LogP contribution in [0.2, 0.25) is 0 Å². The second-order valence-electron chi connectivity index (χ2n) is 9.04. The van der Waals surface area contributed by atoms with Gasteiger partial charge in [0.15, 0.2) is 17.3 Å². The Balaban J connectivity index is 1.54. The summed E-state index contributed by atoms with van der Waals surface area (Å²) in [6.07, 6.45) is 4.78. The average molecular weight is 433 g/mol. The van der Waals surface area contributed by atoms with Crippen LogP contribution in [0, 0.1) is 12.3 Å². The van der Waals surface area contributed by atoms with Crippen LogP contribution < -0.4 is 20.1 Å². The van der Waals surface area contributed by atoms with Gasteiger partial charge >= 0.3 is 6.09 Å². The van der Waals surface area contributed by atoms with Crippen LogP contribution in [-0.4, -0.2) is 65.9 Å². The summed E-state index contributed by atoms with van der Waals surface area (Å²) < 4.78 is 10.6. The van der Waals surface area contributed by atoms with Crippen LogP contribution in [0.25, 0.3) is 0 Å². The van der Waals surface area contributed by atoms with Crippen molar-refractivity contribution in [1.82, 2.24) is 9.88 Å². The molecule has 2 aliphatic heterocycles. The molecule has 3 N–H and O–H groups in total. The number of rotatable bonds is 4. The van der Waals surface area contributed by atoms with Crippen molar-refractivity contribution >= 4 is 17.8 Å². The number of methoxy groups -OCH3 is 1. The number of likely N-dealkylation sites (tertiary alicyclic amines) is 1. The zero-order valence-electron chi connectivity index (χ0n) is 18.3. The van der Waals surface area contributed by atoms with Gasteiger partial charge in [0.1, 0.15) is 0 Å². The number of hydrogen-bond acceptors (Lipinski definition) is 7. The number of piperidine rings is 1. The summed E-state index contributed by atoms with van der Waals surface area (Å²) in [5, 5.41) is 9.81. The monoisotopic (exact) mass is 432 g/mol. The number of aliphatic hydroxyl groups excluding tert-OH is 1. The number of carbonyl (C=O) groups excluding carboxylic acids is 2. The Kier molecular flexibility index (Phi) is 5.96. The Morgan fingerprint density at radius 1 is 1.23 bits per heavy atom. The Morgan fingerprint density at radius 3 is 2.65 bits per heavy atom. The van der Waals surface area contributed by atoms with Gasteiger partial charge in [-0.25, -0.2) is 9.78 Å². The topological polar surface area (TPSA) is 118 Å². The van der Waals surface area contributed by atoms with E-state index in [0.717, 1.165) is 58.0 Å². The number of hydrogen-bond donors (Lipinski definition) is 2. The fourth-order valence-electron chi connectivity index (χ4n) is 5.40. The molecule has 1 aliphatic carbocycles. The summed E-state index contributed by atoms with van der Waals surface area (Å²) in [5.74, 6) is 1.65. The molecule has 3 heterocycles. The smallest absolute Gasteiger partial charge is 0.410 e. The van der Waals surface area contributed by atoms with Crippen LogP contribution in [0.1, 0.15) is 50.6 Å². The van der Waals surface area contributed by atoms with Gasteiger partial charge in [-0.2, -0.15) is 0 Å². The lowest BCUT2D eigenvalue weighted by atomic mass is 9.78. The molecular weight excluding hydrogens is 400 g/mol. The van der Waals surface area contributed by atoms with Crippen molar-refractivity contribution in [2.24, 2.45) is 11.1 Å². The van der Waals surface area contributed by atoms with Gasteiger partial charge in [-0.1, -0.05) is 0 Å². The third-order valence-corrected chi connectivity index (χ3v) is 7.07. The molecule has 31 heavy (non-hydrogen) atoms. The van der Waals surface area contributed by atoms with Crippen LogP contribution in [0.3, 0.4) is 0 Å². The number of aryl methyl sites for hydroxylation is 1. The molecule has 4 rings (SSSR count). The molecule has 1 aromatic heterocycles. The molecule has 1 atom stereocenters. The minimum atomic E-state index is -0.900. The SMILES string of the molecule is COc1cc(OC(N)=O)c(C)nc1N1CCC[C@@]2(CCN(C3CCC(O)CC3)C2=O)C1. The first-order valence-corrected chi connectivity index (χ1v) is 11.1. The van der Waals surface area contributed by atoms with Crippen molar-refractivity contribution in [2.75, 3.05) is 31.6 Å². The Bertz CT molecular complexity index is 855. The number of carbonyl (C=O) groups is 2. The highest BCUT2D eigenvalue weighted by Crippen LogP contribution is 2.44. The van der Waals surface area contributed by atoms with Crippen LogP contribution in [0.5, 0.6) is 11.5 Å². The second-order valence-corrected chi connectivity index (χ2v) is 9.04. The van der Waals surface area contributed by atoms with E-state index < -0.39 is 11.5 Å². The first-order valence-electron chi connectivity index (χ1n) is 11.1. The zero-order chi connectivity index (χ0) is 22.2. The standard InChI is InChI=1S/C22H32N4O5/c1-14-17(31-21(23)29)12-18(30-2)19(24-14)25-10-3-8-22(13-25)9-11-26(20(22)28)15-4-6-16(27)7-5-15/h12,15-16,27H,3-11,13H2,1-2H3,(H2,23,29)/t15?,16?,22-/m1/s1. The van der Waals surface area contributed by atoms with E-state index in [1.54, 1.807) is 20.1 Å². The second kappa shape index (κ2) is 8.53. The largest absolute Gasteiger partial charge is 0.493 e. The summed E-state index contributed by atoms with van der Waals surface area (Å²) >= 11 is 0. The van der Waals surface area contributed by atoms with Gasteiger partial charge in [0, 0.05) is 31.7 Å². The number of amides is 2. The Hall–Kier alpha value is -2.55. The third kappa shape index (κ3) is 4.15. The number of aliphatic hydroxyl groups is 1. The van der Waals surface area contributed by atoms with Crippen LogP contribution in [0.15, 0.2) is 6.07 Å². The highest BCUT2D eigenvalue weighted by molar-refractivity contribution is 5.86. The number of nitrogens with two attached hydrogens (primary N) is 1. The van der Waals surface area contributed by atoms with E-state index >= 15 is 0 Å². The quantitative estimate of drug-likeness (QED) is 0.747. The summed E-state index contributed by atoms with van der Waals surface area (Å²) in [7, 11) is 1.55. The lowest BCUT2D eigenvalue weighted by Gasteiger charge is -2.41. The van der Waals surface area contributed by atoms with E-state index in [1.165, 1.54) is 0 Å². The number of nitrogens with zero attached hydrogens (tertiary/aromatic N) is 3. The van der Waals surface area contributed by atoms with Gasteiger partial charge in [-0.05, 0) is 51.9 Å². The van der Waals surface area contributed by atoms with Crippen LogP contribution in [-0.2, 0) is 4.79 Å². The number of primary amides is 1. The number of aromatic nitrogens is 1. The predicted octanol–water partition coefficient (Wildman–Crippen LogP) is 1.98. The van der Waals surface area contributed by atoms with Gasteiger partial charge in [0.25, 0.3) is 0 Å². The first-order chi connectivity index (χ1) is 14.8. The zero-order valence-corrected chi connectivity index (χ0v) is 18.3. The molecule has 0 unspecified atom stereocenters. The molecule has 3 fully saturated rings. The molecule has 1 saturated carbocycles. The molecule has 1 aromatic rings. The van der Waals surface area contributed by atoms with Gasteiger partial charge in [-0.3, -0.25) is 4.79 Å². The Morgan fingerprint density at radius 2 is 1.97 bits per heavy atom. The van der Waals surface area contributed by atoms with Crippen molar-refractivity contribution in [1.29, 1.82) is 0 Å². The molecule has 2 saturated heterocycles. The van der Waals surface area contributed by atoms with Crippen molar-refractivity contribution in [3.8, 4) is 11.5 Å². The molecule has 9 heteroatoms. The molecule has 0 radical (unpaired) electrons. The van der Waals surface area contributed by atoms with E-state index in [2.05, 4.69) is 14.8 Å². The highest BCUT2D eigenvalue weighted by Gasteiger charge is 2.51. The Labute approximate surface area is 182 Å². The van der Waals surface area contributed by atoms with Gasteiger partial charge in [0.05, 0.1) is 24.3 Å². The van der Waals surface area contributed by atoms with E-state index in [4.69, 9.17) is 15.2 Å². The maximum absolute atomic E-state index is 13.6. The van der Waals surface area contributed by atoms with Gasteiger partial charge in [0.2, 0.25) is 5.91 Å². The molecule has 9 nitrogen and oxygen atoms in total. The predicted molar refractivity (Wildman–Crippen MR) is 114 cm³/mol. The highest BCUT2D eigenvalue weighted by atomic mass is 16.5. The van der Waals surface area contributed by atoms with Crippen molar-refractivity contribution in [2.45, 2.75) is 64.0 Å². The summed E-state index contributed by atoms with van der Waals surface area (Å²) in [6, 6.07) is 1.87.